The van der Waals surface area contributed by atoms with Crippen LogP contribution >= 0.6 is 0 Å². The Bertz CT molecular complexity index is 542. The van der Waals surface area contributed by atoms with Crippen LogP contribution in [0.4, 0.5) is 15.8 Å². The number of hydrogen-bond donors (Lipinski definition) is 2. The van der Waals surface area contributed by atoms with Crippen LogP contribution in [0.25, 0.3) is 0 Å². The zero-order valence-corrected chi connectivity index (χ0v) is 10.9. The van der Waals surface area contributed by atoms with Gasteiger partial charge in [0.1, 0.15) is 11.5 Å². The van der Waals surface area contributed by atoms with Crippen LogP contribution in [0.5, 0.6) is 0 Å². The molecule has 1 saturated carbocycles. The van der Waals surface area contributed by atoms with E-state index >= 15 is 0 Å². The van der Waals surface area contributed by atoms with E-state index in [0.29, 0.717) is 0 Å². The van der Waals surface area contributed by atoms with Gasteiger partial charge in [-0.15, -0.1) is 0 Å². The molecule has 1 fully saturated rings. The summed E-state index contributed by atoms with van der Waals surface area (Å²) in [5, 5.41) is 13.5. The molecule has 0 spiro atoms. The van der Waals surface area contributed by atoms with Gasteiger partial charge in [0, 0.05) is 18.2 Å². The monoisotopic (exact) mass is 281 g/mol. The molecule has 0 atom stereocenters. The van der Waals surface area contributed by atoms with Crippen molar-refractivity contribution in [3.05, 3.63) is 33.6 Å². The molecule has 6 nitrogen and oxygen atoms in total. The number of nitrogens with zero attached hydrogens (tertiary/aromatic N) is 1. The smallest absolute Gasteiger partial charge is 0.293 e. The second-order valence-electron chi connectivity index (χ2n) is 4.96. The molecule has 0 aromatic heterocycles. The number of nitro benzene ring substituents is 1. The lowest BCUT2D eigenvalue weighted by molar-refractivity contribution is -0.384. The lowest BCUT2D eigenvalue weighted by Gasteiger charge is -2.22. The molecule has 7 heteroatoms. The fourth-order valence-corrected chi connectivity index (χ4v) is 2.42. The van der Waals surface area contributed by atoms with Gasteiger partial charge in [0.2, 0.25) is 0 Å². The maximum absolute atomic E-state index is 13.7. The van der Waals surface area contributed by atoms with E-state index in [0.717, 1.165) is 44.2 Å². The summed E-state index contributed by atoms with van der Waals surface area (Å²) in [7, 11) is 0. The Balaban J connectivity index is 2.20. The van der Waals surface area contributed by atoms with Crippen molar-refractivity contribution in [1.82, 2.24) is 5.32 Å². The zero-order chi connectivity index (χ0) is 14.7. The van der Waals surface area contributed by atoms with E-state index in [2.05, 4.69) is 5.32 Å². The maximum atomic E-state index is 13.7. The van der Waals surface area contributed by atoms with Gasteiger partial charge in [0.25, 0.3) is 11.6 Å². The number of hydrogen-bond acceptors (Lipinski definition) is 4. The molecule has 0 unspecified atom stereocenters. The van der Waals surface area contributed by atoms with Crippen LogP contribution in [0.1, 0.15) is 42.5 Å². The van der Waals surface area contributed by atoms with Crippen molar-refractivity contribution in [2.24, 2.45) is 0 Å². The first kappa shape index (κ1) is 14.2. The van der Waals surface area contributed by atoms with E-state index in [1.54, 1.807) is 0 Å². The highest BCUT2D eigenvalue weighted by Gasteiger charge is 2.23. The van der Waals surface area contributed by atoms with Gasteiger partial charge in [-0.1, -0.05) is 19.3 Å². The lowest BCUT2D eigenvalue weighted by Crippen LogP contribution is -2.36. The maximum Gasteiger partial charge on any atom is 0.293 e. The van der Waals surface area contributed by atoms with Gasteiger partial charge in [-0.25, -0.2) is 4.39 Å². The molecule has 0 heterocycles. The lowest BCUT2D eigenvalue weighted by atomic mass is 9.95. The van der Waals surface area contributed by atoms with E-state index in [9.17, 15) is 19.3 Å². The Labute approximate surface area is 115 Å². The predicted molar refractivity (Wildman–Crippen MR) is 71.8 cm³/mol. The van der Waals surface area contributed by atoms with Crippen molar-refractivity contribution in [3.8, 4) is 0 Å². The number of nitrogen functional groups attached to an aromatic ring is 1. The van der Waals surface area contributed by atoms with E-state index in [-0.39, 0.29) is 17.3 Å². The first-order valence-corrected chi connectivity index (χ1v) is 6.53. The zero-order valence-electron chi connectivity index (χ0n) is 10.9. The minimum Gasteiger partial charge on any atom is -0.393 e. The molecule has 0 radical (unpaired) electrons. The van der Waals surface area contributed by atoms with E-state index in [1.165, 1.54) is 0 Å². The molecule has 0 saturated heterocycles. The number of nitrogens with two attached hydrogens (primary N) is 1. The van der Waals surface area contributed by atoms with Gasteiger partial charge in [-0.05, 0) is 12.8 Å². The second kappa shape index (κ2) is 5.85. The van der Waals surface area contributed by atoms with E-state index < -0.39 is 22.3 Å². The summed E-state index contributed by atoms with van der Waals surface area (Å²) in [5.41, 5.74) is 4.28. The van der Waals surface area contributed by atoms with Crippen molar-refractivity contribution in [2.75, 3.05) is 5.73 Å². The van der Waals surface area contributed by atoms with Crippen LogP contribution in [-0.4, -0.2) is 16.9 Å². The van der Waals surface area contributed by atoms with Crippen molar-refractivity contribution in [2.45, 2.75) is 38.1 Å². The fraction of sp³-hybridized carbons (Fsp3) is 0.462. The Morgan fingerprint density at radius 3 is 2.60 bits per heavy atom. The molecule has 2 rings (SSSR count). The van der Waals surface area contributed by atoms with Crippen LogP contribution in [0.2, 0.25) is 0 Å². The molecule has 1 aliphatic rings. The summed E-state index contributed by atoms with van der Waals surface area (Å²) in [6.45, 7) is 0. The van der Waals surface area contributed by atoms with Gasteiger partial charge < -0.3 is 11.1 Å². The summed E-state index contributed by atoms with van der Waals surface area (Å²) < 4.78 is 13.7. The number of rotatable bonds is 3. The standard InChI is InChI=1S/C13H16FN3O3/c14-10-7-11(15)12(17(19)20)6-9(10)13(18)16-8-4-2-1-3-5-8/h6-8H,1-5,15H2,(H,16,18). The number of nitro groups is 1. The minimum absolute atomic E-state index is 0.00672. The van der Waals surface area contributed by atoms with Crippen LogP contribution in [0, 0.1) is 15.9 Å². The summed E-state index contributed by atoms with van der Waals surface area (Å²) in [6, 6.07) is 1.71. The number of benzene rings is 1. The summed E-state index contributed by atoms with van der Waals surface area (Å²) in [4.78, 5) is 22.0. The molecular weight excluding hydrogens is 265 g/mol. The number of amides is 1. The van der Waals surface area contributed by atoms with E-state index in [1.807, 2.05) is 0 Å². The molecule has 3 N–H and O–H groups in total. The van der Waals surface area contributed by atoms with Crippen molar-refractivity contribution >= 4 is 17.3 Å². The molecule has 1 aliphatic carbocycles. The molecule has 0 aliphatic heterocycles. The summed E-state index contributed by atoms with van der Waals surface area (Å²) in [5.74, 6) is -1.47. The minimum atomic E-state index is -0.846. The number of carbonyl (C=O) groups is 1. The van der Waals surface area contributed by atoms with Crippen molar-refractivity contribution in [1.29, 1.82) is 0 Å². The van der Waals surface area contributed by atoms with Gasteiger partial charge in [-0.2, -0.15) is 0 Å². The Kier molecular flexibility index (Phi) is 4.16. The highest BCUT2D eigenvalue weighted by Crippen LogP contribution is 2.25. The average molecular weight is 281 g/mol. The van der Waals surface area contributed by atoms with Crippen molar-refractivity contribution in [3.63, 3.8) is 0 Å². The third-order valence-corrected chi connectivity index (χ3v) is 3.50. The first-order chi connectivity index (χ1) is 9.49. The summed E-state index contributed by atoms with van der Waals surface area (Å²) in [6.07, 6.45) is 4.88. The molecule has 20 heavy (non-hydrogen) atoms. The highest BCUT2D eigenvalue weighted by atomic mass is 19.1. The Hall–Kier alpha value is -2.18. The quantitative estimate of drug-likeness (QED) is 0.505. The Morgan fingerprint density at radius 1 is 1.35 bits per heavy atom. The van der Waals surface area contributed by atoms with Gasteiger partial charge in [-0.3, -0.25) is 14.9 Å². The van der Waals surface area contributed by atoms with Crippen LogP contribution in [0.3, 0.4) is 0 Å². The van der Waals surface area contributed by atoms with E-state index in [4.69, 9.17) is 5.73 Å². The van der Waals surface area contributed by atoms with Gasteiger partial charge in [0.05, 0.1) is 10.5 Å². The number of nitrogens with one attached hydrogen (secondary N) is 1. The molecule has 0 bridgehead atoms. The molecule has 1 aromatic carbocycles. The topological polar surface area (TPSA) is 98.3 Å². The predicted octanol–water partition coefficient (Wildman–Crippen LogP) is 2.38. The Morgan fingerprint density at radius 2 is 2.00 bits per heavy atom. The summed E-state index contributed by atoms with van der Waals surface area (Å²) >= 11 is 0. The third-order valence-electron chi connectivity index (χ3n) is 3.50. The van der Waals surface area contributed by atoms with Gasteiger partial charge >= 0.3 is 0 Å². The molecule has 1 amide bonds. The number of carbonyl (C=O) groups excluding carboxylic acids is 1. The molecular formula is C13H16FN3O3. The molecule has 1 aromatic rings. The fourth-order valence-electron chi connectivity index (χ4n) is 2.42. The second-order valence-corrected chi connectivity index (χ2v) is 4.96. The molecule has 108 valence electrons. The number of anilines is 1. The first-order valence-electron chi connectivity index (χ1n) is 6.53. The van der Waals surface area contributed by atoms with Crippen molar-refractivity contribution < 1.29 is 14.1 Å². The SMILES string of the molecule is Nc1cc(F)c(C(=O)NC2CCCCC2)cc1[N+](=O)[O-]. The van der Waals surface area contributed by atoms with Gasteiger partial charge in [0.15, 0.2) is 0 Å². The largest absolute Gasteiger partial charge is 0.393 e. The normalized spacial score (nSPS) is 15.8. The average Bonchev–Trinajstić information content (AvgIpc) is 2.39. The highest BCUT2D eigenvalue weighted by molar-refractivity contribution is 5.96. The third kappa shape index (κ3) is 3.04. The van der Waals surface area contributed by atoms with Crippen LogP contribution in [0.15, 0.2) is 12.1 Å². The number of halogens is 1. The van der Waals surface area contributed by atoms with Crippen LogP contribution in [-0.2, 0) is 0 Å². The van der Waals surface area contributed by atoms with Crippen LogP contribution < -0.4 is 11.1 Å².